The van der Waals surface area contributed by atoms with Crippen molar-refractivity contribution >= 4 is 21.5 Å². The minimum atomic E-state index is -3.83. The third kappa shape index (κ3) is 3.85. The molecular weight excluding hydrogens is 430 g/mol. The fourth-order valence-corrected chi connectivity index (χ4v) is 5.79. The van der Waals surface area contributed by atoms with Gasteiger partial charge in [0, 0.05) is 12.1 Å². The van der Waals surface area contributed by atoms with Crippen LogP contribution in [-0.4, -0.2) is 20.7 Å². The summed E-state index contributed by atoms with van der Waals surface area (Å²) in [6.45, 7) is 1.98. The van der Waals surface area contributed by atoms with Gasteiger partial charge in [0.05, 0.1) is 16.5 Å². The molecule has 0 saturated heterocycles. The van der Waals surface area contributed by atoms with E-state index in [0.29, 0.717) is 11.3 Å². The summed E-state index contributed by atoms with van der Waals surface area (Å²) in [6, 6.07) is 31.6. The maximum Gasteiger partial charge on any atom is 0.264 e. The number of hydrogen-bond donors (Lipinski definition) is 0. The zero-order valence-corrected chi connectivity index (χ0v) is 19.0. The Hall–Kier alpha value is -3.70. The van der Waals surface area contributed by atoms with Gasteiger partial charge in [-0.3, -0.25) is 9.10 Å². The fourth-order valence-electron chi connectivity index (χ4n) is 4.29. The largest absolute Gasteiger partial charge is 0.293 e. The van der Waals surface area contributed by atoms with Gasteiger partial charge in [0.2, 0.25) is 0 Å². The average Bonchev–Trinajstić information content (AvgIpc) is 2.85. The molecule has 5 heteroatoms. The highest BCUT2D eigenvalue weighted by Gasteiger charge is 2.38. The number of fused-ring (bicyclic) bond motifs is 1. The Morgan fingerprint density at radius 2 is 1.33 bits per heavy atom. The first kappa shape index (κ1) is 21.2. The van der Waals surface area contributed by atoms with Crippen molar-refractivity contribution in [3.8, 4) is 11.1 Å². The van der Waals surface area contributed by atoms with E-state index in [4.69, 9.17) is 0 Å². The van der Waals surface area contributed by atoms with Crippen LogP contribution in [0, 0.1) is 6.92 Å². The third-order valence-corrected chi connectivity index (χ3v) is 7.93. The zero-order valence-electron chi connectivity index (χ0n) is 18.2. The van der Waals surface area contributed by atoms with E-state index in [2.05, 4.69) is 0 Å². The summed E-state index contributed by atoms with van der Waals surface area (Å²) in [6.07, 6.45) is 0. The lowest BCUT2D eigenvalue weighted by molar-refractivity contribution is 0.0958. The molecule has 0 radical (unpaired) electrons. The molecule has 1 unspecified atom stereocenters. The molecule has 4 aromatic rings. The van der Waals surface area contributed by atoms with Crippen molar-refractivity contribution < 1.29 is 13.2 Å². The molecule has 1 aliphatic heterocycles. The van der Waals surface area contributed by atoms with E-state index in [0.717, 1.165) is 22.3 Å². The van der Waals surface area contributed by atoms with Crippen LogP contribution in [0.25, 0.3) is 11.1 Å². The summed E-state index contributed by atoms with van der Waals surface area (Å²) in [7, 11) is -3.83. The standard InChI is InChI=1S/C28H23NO3S/c1-20-11-17-24(18-12-20)33(31,32)29-19-26(28(30)25-9-5-6-10-27(25)29)23-15-13-22(14-16-23)21-7-3-2-4-8-21/h2-18,26H,19H2,1H3. The Balaban J connectivity index is 1.55. The van der Waals surface area contributed by atoms with Crippen molar-refractivity contribution in [1.29, 1.82) is 0 Å². The van der Waals surface area contributed by atoms with Crippen LogP contribution in [0.3, 0.4) is 0 Å². The molecule has 0 aromatic heterocycles. The molecule has 33 heavy (non-hydrogen) atoms. The monoisotopic (exact) mass is 453 g/mol. The zero-order chi connectivity index (χ0) is 23.0. The molecule has 0 N–H and O–H groups in total. The summed E-state index contributed by atoms with van der Waals surface area (Å²) in [5.41, 5.74) is 4.79. The molecule has 0 amide bonds. The SMILES string of the molecule is Cc1ccc(S(=O)(=O)N2CC(c3ccc(-c4ccccc4)cc3)C(=O)c3ccccc32)cc1. The lowest BCUT2D eigenvalue weighted by atomic mass is 9.86. The van der Waals surface area contributed by atoms with Gasteiger partial charge in [-0.2, -0.15) is 0 Å². The van der Waals surface area contributed by atoms with Crippen molar-refractivity contribution in [2.45, 2.75) is 17.7 Å². The number of ketones is 1. The van der Waals surface area contributed by atoms with Gasteiger partial charge in [0.1, 0.15) is 0 Å². The minimum absolute atomic E-state index is 0.0617. The van der Waals surface area contributed by atoms with Gasteiger partial charge < -0.3 is 0 Å². The van der Waals surface area contributed by atoms with E-state index in [9.17, 15) is 13.2 Å². The van der Waals surface area contributed by atoms with E-state index in [1.807, 2.05) is 61.5 Å². The number of nitrogens with zero attached hydrogens (tertiary/aromatic N) is 1. The number of rotatable bonds is 4. The Kier molecular flexibility index (Phi) is 5.35. The van der Waals surface area contributed by atoms with Crippen LogP contribution in [0.2, 0.25) is 0 Å². The van der Waals surface area contributed by atoms with Crippen molar-refractivity contribution in [1.82, 2.24) is 0 Å². The average molecular weight is 454 g/mol. The predicted octanol–water partition coefficient (Wildman–Crippen LogP) is 5.84. The first-order chi connectivity index (χ1) is 15.9. The Bertz CT molecular complexity index is 1410. The van der Waals surface area contributed by atoms with Gasteiger partial charge in [-0.15, -0.1) is 0 Å². The van der Waals surface area contributed by atoms with Crippen LogP contribution in [0.15, 0.2) is 108 Å². The van der Waals surface area contributed by atoms with E-state index in [1.54, 1.807) is 48.5 Å². The van der Waals surface area contributed by atoms with E-state index in [1.165, 1.54) is 4.31 Å². The van der Waals surface area contributed by atoms with Gasteiger partial charge in [-0.05, 0) is 47.9 Å². The van der Waals surface area contributed by atoms with E-state index < -0.39 is 15.9 Å². The number of sulfonamides is 1. The highest BCUT2D eigenvalue weighted by atomic mass is 32.2. The second kappa shape index (κ2) is 8.34. The lowest BCUT2D eigenvalue weighted by Crippen LogP contribution is -2.41. The van der Waals surface area contributed by atoms with Crippen LogP contribution in [0.5, 0.6) is 0 Å². The minimum Gasteiger partial charge on any atom is -0.293 e. The highest BCUT2D eigenvalue weighted by Crippen LogP contribution is 2.38. The van der Waals surface area contributed by atoms with E-state index in [-0.39, 0.29) is 17.2 Å². The normalized spacial score (nSPS) is 15.8. The van der Waals surface area contributed by atoms with E-state index >= 15 is 0 Å². The molecule has 164 valence electrons. The maximum absolute atomic E-state index is 13.6. The summed E-state index contributed by atoms with van der Waals surface area (Å²) < 4.78 is 28.6. The molecule has 1 aliphatic rings. The maximum atomic E-state index is 13.6. The van der Waals surface area contributed by atoms with Crippen LogP contribution < -0.4 is 4.31 Å². The third-order valence-electron chi connectivity index (χ3n) is 6.13. The summed E-state index contributed by atoms with van der Waals surface area (Å²) >= 11 is 0. The molecular formula is C28H23NO3S. The lowest BCUT2D eigenvalue weighted by Gasteiger charge is -2.34. The van der Waals surface area contributed by atoms with Gasteiger partial charge in [-0.1, -0.05) is 84.4 Å². The van der Waals surface area contributed by atoms with Gasteiger partial charge in [-0.25, -0.2) is 8.42 Å². The molecule has 1 atom stereocenters. The van der Waals surface area contributed by atoms with Gasteiger partial charge in [0.15, 0.2) is 5.78 Å². The first-order valence-corrected chi connectivity index (χ1v) is 12.3. The number of Topliss-reactive ketones (excluding diaryl/α,β-unsaturated/α-hetero) is 1. The first-order valence-electron chi connectivity index (χ1n) is 10.8. The molecule has 0 fully saturated rings. The number of para-hydroxylation sites is 1. The van der Waals surface area contributed by atoms with Crippen LogP contribution >= 0.6 is 0 Å². The Labute approximate surface area is 194 Å². The van der Waals surface area contributed by atoms with Gasteiger partial charge >= 0.3 is 0 Å². The number of benzene rings is 4. The summed E-state index contributed by atoms with van der Waals surface area (Å²) in [5.74, 6) is -0.640. The number of hydrogen-bond acceptors (Lipinski definition) is 3. The van der Waals surface area contributed by atoms with Crippen molar-refractivity contribution in [3.63, 3.8) is 0 Å². The predicted molar refractivity (Wildman–Crippen MR) is 131 cm³/mol. The van der Waals surface area contributed by atoms with Crippen LogP contribution in [-0.2, 0) is 10.0 Å². The Morgan fingerprint density at radius 1 is 0.727 bits per heavy atom. The quantitative estimate of drug-likeness (QED) is 0.390. The summed E-state index contributed by atoms with van der Waals surface area (Å²) in [5, 5.41) is 0. The molecule has 4 aromatic carbocycles. The van der Waals surface area contributed by atoms with Crippen molar-refractivity contribution in [3.05, 3.63) is 120 Å². The van der Waals surface area contributed by atoms with Crippen molar-refractivity contribution in [2.75, 3.05) is 10.8 Å². The molecule has 1 heterocycles. The highest BCUT2D eigenvalue weighted by molar-refractivity contribution is 7.92. The molecule has 5 rings (SSSR count). The summed E-state index contributed by atoms with van der Waals surface area (Å²) in [4.78, 5) is 13.6. The van der Waals surface area contributed by atoms with Gasteiger partial charge in [0.25, 0.3) is 10.0 Å². The van der Waals surface area contributed by atoms with Crippen LogP contribution in [0.4, 0.5) is 5.69 Å². The molecule has 0 bridgehead atoms. The molecule has 0 spiro atoms. The smallest absolute Gasteiger partial charge is 0.264 e. The Morgan fingerprint density at radius 3 is 2.03 bits per heavy atom. The molecule has 0 aliphatic carbocycles. The second-order valence-electron chi connectivity index (χ2n) is 8.27. The fraction of sp³-hybridized carbons (Fsp3) is 0.107. The number of anilines is 1. The second-order valence-corrected chi connectivity index (χ2v) is 10.1. The number of carbonyl (C=O) groups is 1. The van der Waals surface area contributed by atoms with Crippen molar-refractivity contribution in [2.24, 2.45) is 0 Å². The number of aryl methyl sites for hydroxylation is 1. The molecule has 0 saturated carbocycles. The number of carbonyl (C=O) groups excluding carboxylic acids is 1. The molecule has 4 nitrogen and oxygen atoms in total. The topological polar surface area (TPSA) is 54.5 Å². The van der Waals surface area contributed by atoms with Crippen LogP contribution in [0.1, 0.15) is 27.4 Å².